The van der Waals surface area contributed by atoms with E-state index >= 15 is 0 Å². The zero-order valence-electron chi connectivity index (χ0n) is 20.0. The third-order valence-electron chi connectivity index (χ3n) is 5.43. The molecule has 188 valence electrons. The molecule has 0 aliphatic carbocycles. The van der Waals surface area contributed by atoms with Crippen molar-refractivity contribution in [2.24, 2.45) is 0 Å². The van der Waals surface area contributed by atoms with E-state index < -0.39 is 17.6 Å². The fourth-order valence-corrected chi connectivity index (χ4v) is 3.43. The zero-order chi connectivity index (χ0) is 26.9. The SMILES string of the molecule is O=C(Nc1ccc(C(=O)/C=C/c2ccc(F)cc2)cc1)/C(=C/c1ccc(F)cc1)NC(=O)c1ccccc1. The fourth-order valence-electron chi connectivity index (χ4n) is 3.43. The Hall–Kier alpha value is -5.17. The Morgan fingerprint density at radius 3 is 1.82 bits per heavy atom. The van der Waals surface area contributed by atoms with Gasteiger partial charge in [0.05, 0.1) is 0 Å². The normalized spacial score (nSPS) is 11.3. The van der Waals surface area contributed by atoms with Gasteiger partial charge in [-0.3, -0.25) is 14.4 Å². The molecule has 0 spiro atoms. The van der Waals surface area contributed by atoms with Gasteiger partial charge in [-0.15, -0.1) is 0 Å². The van der Waals surface area contributed by atoms with E-state index in [-0.39, 0.29) is 17.3 Å². The lowest BCUT2D eigenvalue weighted by Crippen LogP contribution is -2.30. The van der Waals surface area contributed by atoms with Gasteiger partial charge in [0.15, 0.2) is 5.78 Å². The molecule has 0 radical (unpaired) electrons. The van der Waals surface area contributed by atoms with E-state index in [1.165, 1.54) is 48.6 Å². The van der Waals surface area contributed by atoms with Gasteiger partial charge >= 0.3 is 0 Å². The summed E-state index contributed by atoms with van der Waals surface area (Å²) in [6.45, 7) is 0. The number of carbonyl (C=O) groups is 3. The Morgan fingerprint density at radius 2 is 1.21 bits per heavy atom. The van der Waals surface area contributed by atoms with Crippen molar-refractivity contribution >= 4 is 35.4 Å². The third kappa shape index (κ3) is 7.18. The molecule has 0 bridgehead atoms. The lowest BCUT2D eigenvalue weighted by Gasteiger charge is -2.12. The fraction of sp³-hybridized carbons (Fsp3) is 0. The number of allylic oxidation sites excluding steroid dienone is 1. The van der Waals surface area contributed by atoms with Crippen molar-refractivity contribution < 1.29 is 23.2 Å². The molecule has 0 fully saturated rings. The number of benzene rings is 4. The molecular weight excluding hydrogens is 486 g/mol. The molecule has 4 aromatic carbocycles. The number of hydrogen-bond donors (Lipinski definition) is 2. The molecule has 0 saturated carbocycles. The second-order valence-electron chi connectivity index (χ2n) is 8.21. The van der Waals surface area contributed by atoms with Crippen LogP contribution in [0, 0.1) is 11.6 Å². The van der Waals surface area contributed by atoms with Crippen molar-refractivity contribution in [1.82, 2.24) is 5.32 Å². The summed E-state index contributed by atoms with van der Waals surface area (Å²) in [6.07, 6.45) is 4.40. The van der Waals surface area contributed by atoms with Gasteiger partial charge < -0.3 is 10.6 Å². The van der Waals surface area contributed by atoms with Gasteiger partial charge in [0.2, 0.25) is 0 Å². The van der Waals surface area contributed by atoms with Crippen LogP contribution >= 0.6 is 0 Å². The largest absolute Gasteiger partial charge is 0.321 e. The van der Waals surface area contributed by atoms with E-state index in [0.717, 1.165) is 0 Å². The van der Waals surface area contributed by atoms with Crippen molar-refractivity contribution in [2.75, 3.05) is 5.32 Å². The summed E-state index contributed by atoms with van der Waals surface area (Å²) in [5.41, 5.74) is 2.30. The molecular formula is C31H22F2N2O3. The minimum absolute atomic E-state index is 0.0483. The first-order valence-electron chi connectivity index (χ1n) is 11.6. The quantitative estimate of drug-likeness (QED) is 0.218. The highest BCUT2D eigenvalue weighted by molar-refractivity contribution is 6.11. The van der Waals surface area contributed by atoms with E-state index in [1.54, 1.807) is 72.8 Å². The van der Waals surface area contributed by atoms with E-state index in [1.807, 2.05) is 0 Å². The summed E-state index contributed by atoms with van der Waals surface area (Å²) >= 11 is 0. The first-order chi connectivity index (χ1) is 18.4. The van der Waals surface area contributed by atoms with Crippen LogP contribution in [-0.2, 0) is 4.79 Å². The van der Waals surface area contributed by atoms with Crippen molar-refractivity contribution in [3.8, 4) is 0 Å². The lowest BCUT2D eigenvalue weighted by molar-refractivity contribution is -0.113. The van der Waals surface area contributed by atoms with Gasteiger partial charge in [-0.1, -0.05) is 48.5 Å². The molecule has 2 N–H and O–H groups in total. The molecule has 0 saturated heterocycles. The highest BCUT2D eigenvalue weighted by atomic mass is 19.1. The van der Waals surface area contributed by atoms with Crippen molar-refractivity contribution in [3.05, 3.63) is 149 Å². The number of anilines is 1. The molecule has 0 atom stereocenters. The number of amides is 2. The van der Waals surface area contributed by atoms with Crippen LogP contribution in [0.4, 0.5) is 14.5 Å². The number of carbonyl (C=O) groups excluding carboxylic acids is 3. The number of nitrogens with one attached hydrogen (secondary N) is 2. The molecule has 7 heteroatoms. The van der Waals surface area contributed by atoms with Gasteiger partial charge in [0.1, 0.15) is 17.3 Å². The van der Waals surface area contributed by atoms with Crippen LogP contribution < -0.4 is 10.6 Å². The maximum atomic E-state index is 13.3. The summed E-state index contributed by atoms with van der Waals surface area (Å²) in [6, 6.07) is 25.8. The Bertz CT molecular complexity index is 1490. The molecule has 0 aromatic heterocycles. The average molecular weight is 509 g/mol. The number of rotatable bonds is 8. The molecule has 0 unspecified atom stereocenters. The summed E-state index contributed by atoms with van der Waals surface area (Å²) in [7, 11) is 0. The van der Waals surface area contributed by atoms with Crippen molar-refractivity contribution in [1.29, 1.82) is 0 Å². The molecule has 0 heterocycles. The summed E-state index contributed by atoms with van der Waals surface area (Å²) < 4.78 is 26.4. The molecule has 0 aliphatic rings. The first kappa shape index (κ1) is 25.9. The van der Waals surface area contributed by atoms with Crippen LogP contribution in [-0.4, -0.2) is 17.6 Å². The molecule has 0 aliphatic heterocycles. The topological polar surface area (TPSA) is 75.3 Å². The van der Waals surface area contributed by atoms with Crippen LogP contribution in [0.15, 0.2) is 115 Å². The van der Waals surface area contributed by atoms with Crippen LogP contribution in [0.3, 0.4) is 0 Å². The maximum Gasteiger partial charge on any atom is 0.272 e. The second kappa shape index (κ2) is 12.2. The number of halogens is 2. The highest BCUT2D eigenvalue weighted by Gasteiger charge is 2.15. The summed E-state index contributed by atoms with van der Waals surface area (Å²) in [4.78, 5) is 38.3. The monoisotopic (exact) mass is 508 g/mol. The predicted octanol–water partition coefficient (Wildman–Crippen LogP) is 6.27. The van der Waals surface area contributed by atoms with Crippen LogP contribution in [0.5, 0.6) is 0 Å². The molecule has 4 aromatic rings. The van der Waals surface area contributed by atoms with Crippen molar-refractivity contribution in [3.63, 3.8) is 0 Å². The predicted molar refractivity (Wildman–Crippen MR) is 143 cm³/mol. The second-order valence-corrected chi connectivity index (χ2v) is 8.21. The van der Waals surface area contributed by atoms with Gasteiger partial charge in [0, 0.05) is 16.8 Å². The van der Waals surface area contributed by atoms with Crippen LogP contribution in [0.2, 0.25) is 0 Å². The van der Waals surface area contributed by atoms with Gasteiger partial charge in [0.25, 0.3) is 11.8 Å². The van der Waals surface area contributed by atoms with E-state index in [4.69, 9.17) is 0 Å². The molecule has 5 nitrogen and oxygen atoms in total. The van der Waals surface area contributed by atoms with E-state index in [2.05, 4.69) is 10.6 Å². The third-order valence-corrected chi connectivity index (χ3v) is 5.43. The van der Waals surface area contributed by atoms with Gasteiger partial charge in [-0.05, 0) is 83.9 Å². The van der Waals surface area contributed by atoms with Gasteiger partial charge in [-0.2, -0.15) is 0 Å². The minimum Gasteiger partial charge on any atom is -0.321 e. The summed E-state index contributed by atoms with van der Waals surface area (Å²) in [5, 5.41) is 5.31. The number of hydrogen-bond acceptors (Lipinski definition) is 3. The summed E-state index contributed by atoms with van der Waals surface area (Å²) in [5.74, 6) is -2.14. The molecule has 4 rings (SSSR count). The smallest absolute Gasteiger partial charge is 0.272 e. The highest BCUT2D eigenvalue weighted by Crippen LogP contribution is 2.15. The first-order valence-corrected chi connectivity index (χ1v) is 11.6. The Balaban J connectivity index is 1.48. The Labute approximate surface area is 218 Å². The lowest BCUT2D eigenvalue weighted by atomic mass is 10.1. The molecule has 2 amide bonds. The molecule has 38 heavy (non-hydrogen) atoms. The van der Waals surface area contributed by atoms with Crippen molar-refractivity contribution in [2.45, 2.75) is 0 Å². The maximum absolute atomic E-state index is 13.3. The number of ketones is 1. The average Bonchev–Trinajstić information content (AvgIpc) is 2.94. The zero-order valence-corrected chi connectivity index (χ0v) is 20.0. The van der Waals surface area contributed by atoms with E-state index in [0.29, 0.717) is 27.9 Å². The minimum atomic E-state index is -0.603. The van der Waals surface area contributed by atoms with Gasteiger partial charge in [-0.25, -0.2) is 8.78 Å². The van der Waals surface area contributed by atoms with Crippen LogP contribution in [0.25, 0.3) is 12.2 Å². The van der Waals surface area contributed by atoms with Crippen LogP contribution in [0.1, 0.15) is 31.8 Å². The standard InChI is InChI=1S/C31H22F2N2O3/c32-25-13-6-21(7-14-25)10-19-29(36)23-11-17-27(18-12-23)34-31(38)28(20-22-8-15-26(33)16-9-22)35-30(37)24-4-2-1-3-5-24/h1-20H,(H,34,38)(H,35,37)/b19-10+,28-20-. The van der Waals surface area contributed by atoms with E-state index in [9.17, 15) is 23.2 Å². The Kier molecular flexibility index (Phi) is 8.31. The Morgan fingerprint density at radius 1 is 0.632 bits per heavy atom.